The topological polar surface area (TPSA) is 145 Å². The molecule has 0 saturated carbocycles. The first-order valence-corrected chi connectivity index (χ1v) is 14.3. The van der Waals surface area contributed by atoms with Gasteiger partial charge in [-0.25, -0.2) is 14.5 Å². The minimum Gasteiger partial charge on any atom is -0.490 e. The molecule has 1 aliphatic rings. The van der Waals surface area contributed by atoms with Crippen LogP contribution in [-0.4, -0.2) is 45.9 Å². The highest BCUT2D eigenvalue weighted by Gasteiger charge is 2.37. The van der Waals surface area contributed by atoms with Gasteiger partial charge in [-0.05, 0) is 95.2 Å². The van der Waals surface area contributed by atoms with Crippen molar-refractivity contribution < 1.29 is 41.3 Å². The third kappa shape index (κ3) is 6.42. The zero-order valence-electron chi connectivity index (χ0n) is 21.3. The number of nitrogens with zero attached hydrogens (tertiary/aromatic N) is 1. The smallest absolute Gasteiger partial charge is 0.339 e. The number of amides is 4. The normalized spacial score (nSPS) is 14.6. The van der Waals surface area contributed by atoms with E-state index in [1.54, 1.807) is 6.92 Å². The van der Waals surface area contributed by atoms with Gasteiger partial charge < -0.3 is 13.7 Å². The molecular weight excluding hydrogens is 644 g/mol. The molecule has 0 aliphatic carbocycles. The number of methoxy groups -OCH3 is 1. The number of barbiturate groups is 1. The lowest BCUT2D eigenvalue weighted by Crippen LogP contribution is -2.54. The van der Waals surface area contributed by atoms with Crippen molar-refractivity contribution in [3.05, 3.63) is 86.9 Å². The fourth-order valence-electron chi connectivity index (χ4n) is 3.70. The maximum Gasteiger partial charge on any atom is 0.339 e. The molecule has 3 aromatic rings. The second-order valence-corrected chi connectivity index (χ2v) is 11.1. The molecule has 11 nitrogen and oxygen atoms in total. The Morgan fingerprint density at radius 1 is 1.05 bits per heavy atom. The van der Waals surface area contributed by atoms with Crippen LogP contribution >= 0.6 is 27.5 Å². The van der Waals surface area contributed by atoms with Gasteiger partial charge in [-0.3, -0.25) is 14.9 Å². The van der Waals surface area contributed by atoms with Gasteiger partial charge in [-0.15, -0.1) is 0 Å². The molecule has 0 atom stereocenters. The Kier molecular flexibility index (Phi) is 8.80. The molecule has 0 bridgehead atoms. The van der Waals surface area contributed by atoms with Crippen LogP contribution in [0, 0.1) is 0 Å². The molecule has 1 aliphatic heterocycles. The highest BCUT2D eigenvalue weighted by molar-refractivity contribution is 9.10. The number of halogens is 2. The van der Waals surface area contributed by atoms with Crippen LogP contribution in [0.4, 0.5) is 10.5 Å². The monoisotopic (exact) mass is 662 g/mol. The van der Waals surface area contributed by atoms with E-state index in [9.17, 15) is 27.6 Å². The molecular formula is C27H20BrClN2O9S. The van der Waals surface area contributed by atoms with Crippen LogP contribution in [0.3, 0.4) is 0 Å². The molecule has 1 N–H and O–H groups in total. The number of ether oxygens (including phenoxy) is 2. The Morgan fingerprint density at radius 3 is 2.32 bits per heavy atom. The molecule has 1 fully saturated rings. The third-order valence-corrected chi connectivity index (χ3v) is 7.66. The Labute approximate surface area is 247 Å². The van der Waals surface area contributed by atoms with Gasteiger partial charge in [-0.1, -0.05) is 11.6 Å². The van der Waals surface area contributed by atoms with Crippen LogP contribution in [0.2, 0.25) is 5.02 Å². The number of hydrogen-bond acceptors (Lipinski definition) is 9. The van der Waals surface area contributed by atoms with E-state index in [-0.39, 0.29) is 44.3 Å². The quantitative estimate of drug-likeness (QED) is 0.157. The summed E-state index contributed by atoms with van der Waals surface area (Å²) in [6, 6.07) is 12.6. The lowest BCUT2D eigenvalue weighted by atomic mass is 10.1. The second-order valence-electron chi connectivity index (χ2n) is 8.25. The number of benzene rings is 3. The summed E-state index contributed by atoms with van der Waals surface area (Å²) in [6.45, 7) is 1.80. The Hall–Kier alpha value is -4.20. The zero-order valence-corrected chi connectivity index (χ0v) is 24.5. The predicted molar refractivity (Wildman–Crippen MR) is 151 cm³/mol. The summed E-state index contributed by atoms with van der Waals surface area (Å²) in [5.41, 5.74) is 0.163. The SMILES string of the molecule is CCOc1cc(/C=C2\C(=O)NC(=O)N(c3ccc(C(=O)OC)cc3)C2=O)cc(Br)c1OS(=O)(=O)c1ccc(Cl)cc1. The third-order valence-electron chi connectivity index (χ3n) is 5.59. The molecule has 0 unspecified atom stereocenters. The molecule has 4 rings (SSSR count). The van der Waals surface area contributed by atoms with Crippen molar-refractivity contribution in [2.45, 2.75) is 11.8 Å². The van der Waals surface area contributed by atoms with Crippen molar-refractivity contribution in [1.82, 2.24) is 5.32 Å². The van der Waals surface area contributed by atoms with Crippen LogP contribution in [0.1, 0.15) is 22.8 Å². The number of anilines is 1. The second kappa shape index (κ2) is 12.1. The van der Waals surface area contributed by atoms with E-state index in [0.29, 0.717) is 5.02 Å². The molecule has 0 aromatic heterocycles. The van der Waals surface area contributed by atoms with Crippen molar-refractivity contribution in [1.29, 1.82) is 0 Å². The van der Waals surface area contributed by atoms with Gasteiger partial charge in [0.2, 0.25) is 0 Å². The minimum absolute atomic E-state index is 0.00117. The number of imide groups is 2. The van der Waals surface area contributed by atoms with Crippen LogP contribution in [0.25, 0.3) is 6.08 Å². The number of urea groups is 1. The molecule has 212 valence electrons. The zero-order chi connectivity index (χ0) is 29.9. The van der Waals surface area contributed by atoms with E-state index in [1.165, 1.54) is 73.8 Å². The van der Waals surface area contributed by atoms with Gasteiger partial charge in [0.1, 0.15) is 10.5 Å². The standard InChI is InChI=1S/C27H20BrClN2O9S/c1-3-39-22-14-15(13-21(28)23(22)40-41(36,37)19-10-6-17(29)7-11-19)12-20-24(32)30-27(35)31(25(20)33)18-8-4-16(5-9-18)26(34)38-2/h4-14H,3H2,1-2H3,(H,30,32,35)/b20-12+. The molecule has 41 heavy (non-hydrogen) atoms. The van der Waals surface area contributed by atoms with E-state index in [4.69, 9.17) is 20.5 Å². The first-order chi connectivity index (χ1) is 19.4. The average molecular weight is 664 g/mol. The molecule has 3 aromatic carbocycles. The summed E-state index contributed by atoms with van der Waals surface area (Å²) in [4.78, 5) is 50.8. The van der Waals surface area contributed by atoms with Gasteiger partial charge in [0.25, 0.3) is 11.8 Å². The number of esters is 1. The molecule has 1 saturated heterocycles. The molecule has 4 amide bonds. The summed E-state index contributed by atoms with van der Waals surface area (Å²) in [7, 11) is -3.07. The van der Waals surface area contributed by atoms with Crippen LogP contribution < -0.4 is 19.1 Å². The number of nitrogens with one attached hydrogen (secondary N) is 1. The fourth-order valence-corrected chi connectivity index (χ4v) is 5.43. The highest BCUT2D eigenvalue weighted by atomic mass is 79.9. The van der Waals surface area contributed by atoms with Gasteiger partial charge in [0.05, 0.1) is 29.4 Å². The number of carbonyl (C=O) groups is 4. The van der Waals surface area contributed by atoms with Gasteiger partial charge in [0.15, 0.2) is 11.5 Å². The van der Waals surface area contributed by atoms with Crippen molar-refractivity contribution in [2.24, 2.45) is 0 Å². The molecule has 0 spiro atoms. The predicted octanol–water partition coefficient (Wildman–Crippen LogP) is 4.72. The first-order valence-electron chi connectivity index (χ1n) is 11.7. The fraction of sp³-hybridized carbons (Fsp3) is 0.111. The first kappa shape index (κ1) is 29.8. The van der Waals surface area contributed by atoms with E-state index < -0.39 is 39.5 Å². The summed E-state index contributed by atoms with van der Waals surface area (Å²) in [5, 5.41) is 2.45. The summed E-state index contributed by atoms with van der Waals surface area (Å²) in [6.07, 6.45) is 1.21. The number of hydrogen-bond donors (Lipinski definition) is 1. The summed E-state index contributed by atoms with van der Waals surface area (Å²) < 4.78 is 41.5. The van der Waals surface area contributed by atoms with E-state index in [1.807, 2.05) is 0 Å². The number of rotatable bonds is 8. The number of carbonyl (C=O) groups excluding carboxylic acids is 4. The van der Waals surface area contributed by atoms with E-state index >= 15 is 0 Å². The molecule has 0 radical (unpaired) electrons. The van der Waals surface area contributed by atoms with E-state index in [2.05, 4.69) is 26.0 Å². The summed E-state index contributed by atoms with van der Waals surface area (Å²) >= 11 is 9.12. The van der Waals surface area contributed by atoms with Crippen molar-refractivity contribution in [3.63, 3.8) is 0 Å². The Bertz CT molecular complexity index is 1690. The van der Waals surface area contributed by atoms with Crippen molar-refractivity contribution in [3.8, 4) is 11.5 Å². The largest absolute Gasteiger partial charge is 0.490 e. The maximum atomic E-state index is 13.3. The lowest BCUT2D eigenvalue weighted by molar-refractivity contribution is -0.122. The van der Waals surface area contributed by atoms with Crippen molar-refractivity contribution >= 4 is 73.2 Å². The summed E-state index contributed by atoms with van der Waals surface area (Å²) in [5.74, 6) is -2.63. The minimum atomic E-state index is -4.28. The van der Waals surface area contributed by atoms with Crippen LogP contribution in [0.15, 0.2) is 75.6 Å². The Morgan fingerprint density at radius 2 is 1.71 bits per heavy atom. The Balaban J connectivity index is 1.69. The lowest BCUT2D eigenvalue weighted by Gasteiger charge is -2.26. The van der Waals surface area contributed by atoms with Crippen molar-refractivity contribution in [2.75, 3.05) is 18.6 Å². The van der Waals surface area contributed by atoms with E-state index in [0.717, 1.165) is 4.90 Å². The molecule has 14 heteroatoms. The highest BCUT2D eigenvalue weighted by Crippen LogP contribution is 2.39. The van der Waals surface area contributed by atoms with Gasteiger partial charge in [0, 0.05) is 5.02 Å². The van der Waals surface area contributed by atoms with Crippen LogP contribution in [-0.2, 0) is 24.4 Å². The van der Waals surface area contributed by atoms with Crippen LogP contribution in [0.5, 0.6) is 11.5 Å². The van der Waals surface area contributed by atoms with Gasteiger partial charge >= 0.3 is 22.1 Å². The maximum absolute atomic E-state index is 13.3. The molecule has 1 heterocycles. The van der Waals surface area contributed by atoms with Gasteiger partial charge in [-0.2, -0.15) is 8.42 Å². The average Bonchev–Trinajstić information content (AvgIpc) is 2.93.